The maximum absolute atomic E-state index is 10.7. The lowest BCUT2D eigenvalue weighted by atomic mass is 10.3. The summed E-state index contributed by atoms with van der Waals surface area (Å²) in [4.78, 5) is 25.8. The van der Waals surface area contributed by atoms with E-state index in [4.69, 9.17) is 0 Å². The van der Waals surface area contributed by atoms with Crippen molar-refractivity contribution in [1.29, 1.82) is 0 Å². The second kappa shape index (κ2) is 5.46. The van der Waals surface area contributed by atoms with E-state index in [0.29, 0.717) is 18.7 Å². The molecule has 0 aromatic carbocycles. The zero-order chi connectivity index (χ0) is 12.1. The van der Waals surface area contributed by atoms with Crippen molar-refractivity contribution in [2.45, 2.75) is 27.3 Å². The molecule has 0 aliphatic carbocycles. The number of aromatic nitrogens is 1. The van der Waals surface area contributed by atoms with Crippen molar-refractivity contribution in [1.82, 2.24) is 10.0 Å². The summed E-state index contributed by atoms with van der Waals surface area (Å²) >= 11 is 0. The number of nitrogens with one attached hydrogen (secondary N) is 1. The summed E-state index contributed by atoms with van der Waals surface area (Å²) in [7, 11) is 0. The molecule has 5 nitrogen and oxygen atoms in total. The Hall–Kier alpha value is -1.62. The summed E-state index contributed by atoms with van der Waals surface area (Å²) in [6.45, 7) is 6.32. The van der Waals surface area contributed by atoms with E-state index in [2.05, 4.69) is 10.3 Å². The van der Waals surface area contributed by atoms with Crippen molar-refractivity contribution in [3.05, 3.63) is 23.0 Å². The third kappa shape index (κ3) is 2.93. The number of carbonyl (C=O) groups is 2. The molecule has 0 spiro atoms. The van der Waals surface area contributed by atoms with E-state index < -0.39 is 0 Å². The van der Waals surface area contributed by atoms with Gasteiger partial charge in [0.25, 0.3) is 0 Å². The molecule has 0 aliphatic heterocycles. The second-order valence-corrected chi connectivity index (χ2v) is 3.58. The molecule has 0 bridgehead atoms. The molecule has 0 amide bonds. The fourth-order valence-corrected chi connectivity index (χ4v) is 1.60. The van der Waals surface area contributed by atoms with Gasteiger partial charge in [0.05, 0.1) is 0 Å². The van der Waals surface area contributed by atoms with Crippen molar-refractivity contribution in [2.24, 2.45) is 0 Å². The first-order chi connectivity index (χ1) is 7.56. The molecule has 16 heavy (non-hydrogen) atoms. The molecular weight excluding hydrogens is 208 g/mol. The standard InChI is InChI=1S/C11H16N2O3/c1-8-6-11(7-14)9(2)13(8)5-4-12-16-10(3)15/h6-7,12H,4-5H2,1-3H3. The maximum Gasteiger partial charge on any atom is 0.321 e. The van der Waals surface area contributed by atoms with Crippen LogP contribution in [0.5, 0.6) is 0 Å². The average Bonchev–Trinajstić information content (AvgIpc) is 2.50. The molecule has 0 aliphatic rings. The molecular formula is C11H16N2O3. The zero-order valence-corrected chi connectivity index (χ0v) is 9.74. The average molecular weight is 224 g/mol. The third-order valence-corrected chi connectivity index (χ3v) is 2.39. The highest BCUT2D eigenvalue weighted by Crippen LogP contribution is 2.12. The van der Waals surface area contributed by atoms with Gasteiger partial charge in [-0.25, -0.2) is 0 Å². The quantitative estimate of drug-likeness (QED) is 0.460. The van der Waals surface area contributed by atoms with Gasteiger partial charge in [-0.05, 0) is 19.9 Å². The Morgan fingerprint density at radius 2 is 2.25 bits per heavy atom. The first-order valence-corrected chi connectivity index (χ1v) is 5.08. The Kier molecular flexibility index (Phi) is 4.25. The molecule has 0 fully saturated rings. The van der Waals surface area contributed by atoms with E-state index >= 15 is 0 Å². The van der Waals surface area contributed by atoms with Crippen LogP contribution in [0.1, 0.15) is 28.7 Å². The molecule has 0 radical (unpaired) electrons. The summed E-state index contributed by atoms with van der Waals surface area (Å²) in [5.74, 6) is -0.366. The van der Waals surface area contributed by atoms with Gasteiger partial charge in [-0.1, -0.05) is 0 Å². The smallest absolute Gasteiger partial charge is 0.321 e. The van der Waals surface area contributed by atoms with Gasteiger partial charge in [-0.15, -0.1) is 0 Å². The van der Waals surface area contributed by atoms with Gasteiger partial charge in [0.1, 0.15) is 0 Å². The van der Waals surface area contributed by atoms with Crippen LogP contribution < -0.4 is 5.48 Å². The number of hydrogen-bond donors (Lipinski definition) is 1. The van der Waals surface area contributed by atoms with Crippen LogP contribution in [0.2, 0.25) is 0 Å². The van der Waals surface area contributed by atoms with Crippen molar-refractivity contribution < 1.29 is 14.4 Å². The number of rotatable bonds is 5. The molecule has 1 N–H and O–H groups in total. The SMILES string of the molecule is CC(=O)ONCCn1c(C)cc(C=O)c1C. The molecule has 0 atom stereocenters. The molecule has 0 saturated carbocycles. The molecule has 1 aromatic rings. The molecule has 1 aromatic heterocycles. The summed E-state index contributed by atoms with van der Waals surface area (Å²) in [5.41, 5.74) is 5.20. The van der Waals surface area contributed by atoms with E-state index in [9.17, 15) is 9.59 Å². The molecule has 88 valence electrons. The summed E-state index contributed by atoms with van der Waals surface area (Å²) in [6.07, 6.45) is 0.846. The van der Waals surface area contributed by atoms with Crippen LogP contribution >= 0.6 is 0 Å². The van der Waals surface area contributed by atoms with Crippen LogP contribution in [0.4, 0.5) is 0 Å². The van der Waals surface area contributed by atoms with Crippen LogP contribution in [0.3, 0.4) is 0 Å². The fourth-order valence-electron chi connectivity index (χ4n) is 1.60. The Morgan fingerprint density at radius 1 is 1.56 bits per heavy atom. The third-order valence-electron chi connectivity index (χ3n) is 2.39. The number of aryl methyl sites for hydroxylation is 1. The van der Waals surface area contributed by atoms with Gasteiger partial charge >= 0.3 is 5.97 Å². The van der Waals surface area contributed by atoms with Gasteiger partial charge < -0.3 is 9.40 Å². The highest BCUT2D eigenvalue weighted by Gasteiger charge is 2.07. The Balaban J connectivity index is 2.56. The summed E-state index contributed by atoms with van der Waals surface area (Å²) < 4.78 is 2.00. The van der Waals surface area contributed by atoms with Crippen molar-refractivity contribution in [3.63, 3.8) is 0 Å². The lowest BCUT2D eigenvalue weighted by Gasteiger charge is -2.09. The molecule has 0 saturated heterocycles. The number of carbonyl (C=O) groups excluding carboxylic acids is 2. The van der Waals surface area contributed by atoms with Gasteiger partial charge in [-0.2, -0.15) is 5.48 Å². The lowest BCUT2D eigenvalue weighted by molar-refractivity contribution is -0.148. The van der Waals surface area contributed by atoms with E-state index in [-0.39, 0.29) is 5.97 Å². The number of nitrogens with zero attached hydrogens (tertiary/aromatic N) is 1. The van der Waals surface area contributed by atoms with Gasteiger partial charge in [0.15, 0.2) is 6.29 Å². The van der Waals surface area contributed by atoms with Gasteiger partial charge in [0.2, 0.25) is 0 Å². The topological polar surface area (TPSA) is 60.3 Å². The lowest BCUT2D eigenvalue weighted by Crippen LogP contribution is -2.23. The minimum Gasteiger partial charge on any atom is -0.371 e. The molecule has 0 unspecified atom stereocenters. The van der Waals surface area contributed by atoms with Crippen molar-refractivity contribution in [3.8, 4) is 0 Å². The summed E-state index contributed by atoms with van der Waals surface area (Å²) in [6, 6.07) is 1.84. The van der Waals surface area contributed by atoms with Crippen LogP contribution in [-0.2, 0) is 16.2 Å². The number of aldehydes is 1. The summed E-state index contributed by atoms with van der Waals surface area (Å²) in [5, 5.41) is 0. The number of hydroxylamine groups is 1. The van der Waals surface area contributed by atoms with Crippen LogP contribution in [0.15, 0.2) is 6.07 Å². The van der Waals surface area contributed by atoms with Gasteiger partial charge in [-0.3, -0.25) is 9.59 Å². The Bertz CT molecular complexity index is 396. The van der Waals surface area contributed by atoms with E-state index in [1.54, 1.807) is 0 Å². The maximum atomic E-state index is 10.7. The molecule has 1 rings (SSSR count). The molecule has 5 heteroatoms. The predicted octanol–water partition coefficient (Wildman–Crippen LogP) is 0.985. The monoisotopic (exact) mass is 224 g/mol. The Morgan fingerprint density at radius 3 is 2.75 bits per heavy atom. The van der Waals surface area contributed by atoms with Crippen molar-refractivity contribution in [2.75, 3.05) is 6.54 Å². The normalized spacial score (nSPS) is 10.2. The van der Waals surface area contributed by atoms with Crippen LogP contribution in [-0.4, -0.2) is 23.4 Å². The first kappa shape index (κ1) is 12.4. The predicted molar refractivity (Wildman–Crippen MR) is 59.1 cm³/mol. The van der Waals surface area contributed by atoms with Crippen LogP contribution in [0.25, 0.3) is 0 Å². The van der Waals surface area contributed by atoms with Crippen molar-refractivity contribution >= 4 is 12.3 Å². The minimum atomic E-state index is -0.366. The zero-order valence-electron chi connectivity index (χ0n) is 9.74. The fraction of sp³-hybridized carbons (Fsp3) is 0.455. The van der Waals surface area contributed by atoms with E-state index in [1.165, 1.54) is 6.92 Å². The Labute approximate surface area is 94.3 Å². The van der Waals surface area contributed by atoms with Gasteiger partial charge in [0, 0.05) is 37.0 Å². The van der Waals surface area contributed by atoms with E-state index in [1.807, 2.05) is 24.5 Å². The van der Waals surface area contributed by atoms with Crippen LogP contribution in [0, 0.1) is 13.8 Å². The van der Waals surface area contributed by atoms with E-state index in [0.717, 1.165) is 17.7 Å². The highest BCUT2D eigenvalue weighted by atomic mass is 16.7. The number of hydrogen-bond acceptors (Lipinski definition) is 4. The highest BCUT2D eigenvalue weighted by molar-refractivity contribution is 5.77. The second-order valence-electron chi connectivity index (χ2n) is 3.58. The first-order valence-electron chi connectivity index (χ1n) is 5.08. The minimum absolute atomic E-state index is 0.366. The largest absolute Gasteiger partial charge is 0.371 e. The molecule has 1 heterocycles.